The van der Waals surface area contributed by atoms with E-state index in [1.807, 2.05) is 18.8 Å². The Labute approximate surface area is 124 Å². The first kappa shape index (κ1) is 15.1. The van der Waals surface area contributed by atoms with Crippen molar-refractivity contribution >= 4 is 11.8 Å². The largest absolute Gasteiger partial charge is 0.339 e. The summed E-state index contributed by atoms with van der Waals surface area (Å²) in [4.78, 5) is 5.69. The Hall–Kier alpha value is -1.33. The van der Waals surface area contributed by atoms with E-state index in [1.54, 1.807) is 0 Å². The van der Waals surface area contributed by atoms with Crippen molar-refractivity contribution in [2.45, 2.75) is 37.6 Å². The molecule has 2 aromatic rings. The van der Waals surface area contributed by atoms with Gasteiger partial charge in [-0.3, -0.25) is 0 Å². The van der Waals surface area contributed by atoms with Crippen molar-refractivity contribution in [1.82, 2.24) is 15.5 Å². The Morgan fingerprint density at radius 2 is 2.05 bits per heavy atom. The molecule has 5 heteroatoms. The molecule has 1 aromatic carbocycles. The Bertz CT molecular complexity index is 524. The van der Waals surface area contributed by atoms with Gasteiger partial charge < -0.3 is 9.84 Å². The number of hydrogen-bond donors (Lipinski definition) is 1. The summed E-state index contributed by atoms with van der Waals surface area (Å²) in [6, 6.07) is 8.92. The van der Waals surface area contributed by atoms with Crippen LogP contribution in [-0.4, -0.2) is 29.0 Å². The van der Waals surface area contributed by atoms with Crippen LogP contribution < -0.4 is 5.32 Å². The molecule has 0 saturated heterocycles. The highest BCUT2D eigenvalue weighted by molar-refractivity contribution is 7.99. The van der Waals surface area contributed by atoms with Gasteiger partial charge in [-0.1, -0.05) is 22.9 Å². The summed E-state index contributed by atoms with van der Waals surface area (Å²) in [7, 11) is 1.93. The molecule has 0 bridgehead atoms. The minimum absolute atomic E-state index is 0.363. The number of likely N-dealkylation sites (N-methyl/N-ethyl adjacent to an activating group) is 1. The lowest BCUT2D eigenvalue weighted by Crippen LogP contribution is -2.24. The van der Waals surface area contributed by atoms with Gasteiger partial charge in [0.1, 0.15) is 0 Å². The van der Waals surface area contributed by atoms with Crippen molar-refractivity contribution in [3.05, 3.63) is 41.5 Å². The maximum atomic E-state index is 5.26. The lowest BCUT2D eigenvalue weighted by atomic mass is 10.2. The molecular weight excluding hydrogens is 270 g/mol. The van der Waals surface area contributed by atoms with Crippen molar-refractivity contribution in [2.24, 2.45) is 0 Å². The molecule has 0 saturated carbocycles. The Morgan fingerprint density at radius 1 is 1.30 bits per heavy atom. The van der Waals surface area contributed by atoms with Crippen LogP contribution in [0.4, 0.5) is 0 Å². The Morgan fingerprint density at radius 3 is 2.75 bits per heavy atom. The van der Waals surface area contributed by atoms with E-state index in [1.165, 1.54) is 10.5 Å². The van der Waals surface area contributed by atoms with Gasteiger partial charge in [0.15, 0.2) is 5.82 Å². The number of rotatable bonds is 7. The van der Waals surface area contributed by atoms with Crippen LogP contribution in [0, 0.1) is 6.92 Å². The summed E-state index contributed by atoms with van der Waals surface area (Å²) < 4.78 is 5.26. The van der Waals surface area contributed by atoms with Gasteiger partial charge in [0.25, 0.3) is 0 Å². The van der Waals surface area contributed by atoms with Crippen LogP contribution in [0.1, 0.15) is 24.2 Å². The molecule has 108 valence electrons. The SMILES string of the molecule is CNC(C)Cc1noc(CCSc2ccc(C)cc2)n1. The molecule has 1 aromatic heterocycles. The third-order valence-corrected chi connectivity index (χ3v) is 4.11. The molecule has 0 fully saturated rings. The molecule has 0 spiro atoms. The standard InChI is InChI=1S/C15H21N3OS/c1-11-4-6-13(7-5-11)20-9-8-15-17-14(18-19-15)10-12(2)16-3/h4-7,12,16H,8-10H2,1-3H3. The number of hydrogen-bond acceptors (Lipinski definition) is 5. The normalized spacial score (nSPS) is 12.6. The second-order valence-corrected chi connectivity index (χ2v) is 6.08. The summed E-state index contributed by atoms with van der Waals surface area (Å²) in [5, 5.41) is 7.17. The van der Waals surface area contributed by atoms with Crippen LogP contribution in [-0.2, 0) is 12.8 Å². The number of benzene rings is 1. The average Bonchev–Trinajstić information content (AvgIpc) is 2.88. The minimum Gasteiger partial charge on any atom is -0.339 e. The zero-order valence-corrected chi connectivity index (χ0v) is 13.0. The summed E-state index contributed by atoms with van der Waals surface area (Å²) >= 11 is 1.81. The van der Waals surface area contributed by atoms with Gasteiger partial charge >= 0.3 is 0 Å². The van der Waals surface area contributed by atoms with E-state index in [9.17, 15) is 0 Å². The average molecular weight is 291 g/mol. The van der Waals surface area contributed by atoms with Crippen LogP contribution in [0.2, 0.25) is 0 Å². The summed E-state index contributed by atoms with van der Waals surface area (Å²) in [6.07, 6.45) is 1.60. The third-order valence-electron chi connectivity index (χ3n) is 3.10. The fraction of sp³-hybridized carbons (Fsp3) is 0.467. The second-order valence-electron chi connectivity index (χ2n) is 4.91. The van der Waals surface area contributed by atoms with Crippen LogP contribution >= 0.6 is 11.8 Å². The van der Waals surface area contributed by atoms with Crippen molar-refractivity contribution in [3.63, 3.8) is 0 Å². The molecule has 1 unspecified atom stereocenters. The van der Waals surface area contributed by atoms with Crippen LogP contribution in [0.15, 0.2) is 33.7 Å². The number of aromatic nitrogens is 2. The van der Waals surface area contributed by atoms with E-state index in [4.69, 9.17) is 4.52 Å². The molecule has 0 radical (unpaired) electrons. The molecule has 20 heavy (non-hydrogen) atoms. The predicted molar refractivity (Wildman–Crippen MR) is 82.1 cm³/mol. The number of thioether (sulfide) groups is 1. The molecule has 1 N–H and O–H groups in total. The first-order valence-electron chi connectivity index (χ1n) is 6.85. The first-order valence-corrected chi connectivity index (χ1v) is 7.84. The molecule has 2 rings (SSSR count). The number of nitrogens with zero attached hydrogens (tertiary/aromatic N) is 2. The van der Waals surface area contributed by atoms with Crippen molar-refractivity contribution in [1.29, 1.82) is 0 Å². The highest BCUT2D eigenvalue weighted by Crippen LogP contribution is 2.19. The quantitative estimate of drug-likeness (QED) is 0.795. The smallest absolute Gasteiger partial charge is 0.227 e. The molecule has 0 aliphatic heterocycles. The van der Waals surface area contributed by atoms with Gasteiger partial charge in [0.05, 0.1) is 0 Å². The highest BCUT2D eigenvalue weighted by atomic mass is 32.2. The van der Waals surface area contributed by atoms with E-state index >= 15 is 0 Å². The molecule has 0 aliphatic rings. The van der Waals surface area contributed by atoms with E-state index < -0.39 is 0 Å². The minimum atomic E-state index is 0.363. The molecule has 1 atom stereocenters. The van der Waals surface area contributed by atoms with Crippen LogP contribution in [0.25, 0.3) is 0 Å². The van der Waals surface area contributed by atoms with Gasteiger partial charge in [0, 0.05) is 29.5 Å². The van der Waals surface area contributed by atoms with Crippen molar-refractivity contribution < 1.29 is 4.52 Å². The van der Waals surface area contributed by atoms with Gasteiger partial charge in [0.2, 0.25) is 5.89 Å². The molecule has 0 amide bonds. The summed E-state index contributed by atoms with van der Waals surface area (Å²) in [5.41, 5.74) is 1.29. The summed E-state index contributed by atoms with van der Waals surface area (Å²) in [5.74, 6) is 2.46. The van der Waals surface area contributed by atoms with Gasteiger partial charge in [-0.2, -0.15) is 4.98 Å². The summed E-state index contributed by atoms with van der Waals surface area (Å²) in [6.45, 7) is 4.20. The van der Waals surface area contributed by atoms with Crippen molar-refractivity contribution in [2.75, 3.05) is 12.8 Å². The first-order chi connectivity index (χ1) is 9.67. The maximum absolute atomic E-state index is 5.26. The molecule has 1 heterocycles. The fourth-order valence-corrected chi connectivity index (χ4v) is 2.58. The van der Waals surface area contributed by atoms with E-state index in [-0.39, 0.29) is 0 Å². The molecule has 4 nitrogen and oxygen atoms in total. The van der Waals surface area contributed by atoms with Gasteiger partial charge in [-0.05, 0) is 33.0 Å². The van der Waals surface area contributed by atoms with Crippen LogP contribution in [0.3, 0.4) is 0 Å². The topological polar surface area (TPSA) is 51.0 Å². The monoisotopic (exact) mass is 291 g/mol. The van der Waals surface area contributed by atoms with Crippen molar-refractivity contribution in [3.8, 4) is 0 Å². The lowest BCUT2D eigenvalue weighted by Gasteiger charge is -2.04. The third kappa shape index (κ3) is 4.65. The molecular formula is C15H21N3OS. The highest BCUT2D eigenvalue weighted by Gasteiger charge is 2.09. The number of aryl methyl sites for hydroxylation is 2. The van der Waals surface area contributed by atoms with Gasteiger partial charge in [-0.15, -0.1) is 11.8 Å². The zero-order chi connectivity index (χ0) is 14.4. The second kappa shape index (κ2) is 7.45. The fourth-order valence-electron chi connectivity index (χ4n) is 1.74. The predicted octanol–water partition coefficient (Wildman–Crippen LogP) is 2.86. The Balaban J connectivity index is 1.78. The van der Waals surface area contributed by atoms with E-state index in [0.29, 0.717) is 6.04 Å². The van der Waals surface area contributed by atoms with E-state index in [0.717, 1.165) is 30.3 Å². The van der Waals surface area contributed by atoms with Gasteiger partial charge in [-0.25, -0.2) is 0 Å². The lowest BCUT2D eigenvalue weighted by molar-refractivity contribution is 0.375. The van der Waals surface area contributed by atoms with E-state index in [2.05, 4.69) is 53.6 Å². The maximum Gasteiger partial charge on any atom is 0.227 e. The molecule has 0 aliphatic carbocycles. The number of nitrogens with one attached hydrogen (secondary N) is 1. The van der Waals surface area contributed by atoms with Crippen LogP contribution in [0.5, 0.6) is 0 Å². The zero-order valence-electron chi connectivity index (χ0n) is 12.2. The Kier molecular flexibility index (Phi) is 5.61.